The summed E-state index contributed by atoms with van der Waals surface area (Å²) in [5.41, 5.74) is 5.46. The molecule has 0 spiro atoms. The molecule has 176 valence electrons. The molecule has 0 saturated heterocycles. The zero-order valence-electron chi connectivity index (χ0n) is 20.3. The van der Waals surface area contributed by atoms with Crippen molar-refractivity contribution in [2.45, 2.75) is 51.0 Å². The number of aliphatic hydroxyl groups is 1. The maximum atomic E-state index is 11.3. The Hall–Kier alpha value is -3.72. The Morgan fingerprint density at radius 2 is 1.40 bits per heavy atom. The molecular formula is C32H34N2O+2. The first-order valence-corrected chi connectivity index (χ1v) is 12.8. The van der Waals surface area contributed by atoms with Crippen molar-refractivity contribution in [2.24, 2.45) is 0 Å². The third-order valence-corrected chi connectivity index (χ3v) is 6.73. The van der Waals surface area contributed by atoms with Gasteiger partial charge in [0, 0.05) is 36.3 Å². The zero-order chi connectivity index (χ0) is 23.9. The second kappa shape index (κ2) is 11.1. The molecule has 3 heteroatoms. The van der Waals surface area contributed by atoms with E-state index < -0.39 is 0 Å². The molecule has 3 nitrogen and oxygen atoms in total. The number of allylic oxidation sites excluding steroid dienone is 10. The Balaban J connectivity index is 1.51. The highest BCUT2D eigenvalue weighted by Crippen LogP contribution is 2.24. The first-order chi connectivity index (χ1) is 17.3. The van der Waals surface area contributed by atoms with Crippen molar-refractivity contribution in [1.82, 2.24) is 0 Å². The number of rotatable bonds is 6. The first kappa shape index (κ1) is 23.0. The van der Waals surface area contributed by atoms with Gasteiger partial charge in [0.2, 0.25) is 17.1 Å². The van der Waals surface area contributed by atoms with E-state index in [9.17, 15) is 5.11 Å². The number of hydrogen-bond acceptors (Lipinski definition) is 0. The van der Waals surface area contributed by atoms with E-state index >= 15 is 0 Å². The largest absolute Gasteiger partial charge is 0.459 e. The summed E-state index contributed by atoms with van der Waals surface area (Å²) in [5.74, 6) is 0.319. The highest BCUT2D eigenvalue weighted by atomic mass is 16.3. The number of aliphatic hydroxyl groups excluding tert-OH is 1. The highest BCUT2D eigenvalue weighted by molar-refractivity contribution is 5.92. The van der Waals surface area contributed by atoms with Crippen LogP contribution in [0, 0.1) is 0 Å². The Kier molecular flexibility index (Phi) is 7.33. The summed E-state index contributed by atoms with van der Waals surface area (Å²) in [6, 6.07) is 8.62. The van der Waals surface area contributed by atoms with Crippen LogP contribution in [-0.2, 0) is 0 Å². The lowest BCUT2D eigenvalue weighted by atomic mass is 10.0. The summed E-state index contributed by atoms with van der Waals surface area (Å²) in [7, 11) is 0. The van der Waals surface area contributed by atoms with Gasteiger partial charge in [0.25, 0.3) is 0 Å². The van der Waals surface area contributed by atoms with E-state index in [-0.39, 0.29) is 6.04 Å². The average molecular weight is 463 g/mol. The lowest BCUT2D eigenvalue weighted by Gasteiger charge is -2.15. The fraction of sp³-hybridized carbons (Fsp3) is 0.250. The molecule has 1 unspecified atom stereocenters. The van der Waals surface area contributed by atoms with E-state index in [2.05, 4.69) is 113 Å². The minimum atomic E-state index is 0.0811. The fourth-order valence-corrected chi connectivity index (χ4v) is 4.87. The van der Waals surface area contributed by atoms with Crippen LogP contribution in [0.3, 0.4) is 0 Å². The van der Waals surface area contributed by atoms with Gasteiger partial charge in [-0.1, -0.05) is 42.5 Å². The first-order valence-electron chi connectivity index (χ1n) is 12.8. The zero-order valence-corrected chi connectivity index (χ0v) is 20.3. The molecule has 1 aromatic rings. The summed E-state index contributed by atoms with van der Waals surface area (Å²) in [6.45, 7) is 0. The number of hydrogen-bond donors (Lipinski definition) is 1. The predicted octanol–water partition coefficient (Wildman–Crippen LogP) is 7.35. The summed E-state index contributed by atoms with van der Waals surface area (Å²) in [5, 5.41) is 11.3. The quantitative estimate of drug-likeness (QED) is 0.267. The predicted molar refractivity (Wildman–Crippen MR) is 145 cm³/mol. The lowest BCUT2D eigenvalue weighted by Crippen LogP contribution is -2.28. The number of nitrogens with zero attached hydrogens (tertiary/aromatic N) is 2. The van der Waals surface area contributed by atoms with Gasteiger partial charge < -0.3 is 5.11 Å². The van der Waals surface area contributed by atoms with Crippen molar-refractivity contribution in [3.8, 4) is 0 Å². The maximum Gasteiger partial charge on any atom is 0.373 e. The van der Waals surface area contributed by atoms with Gasteiger partial charge in [-0.15, -0.1) is 0 Å². The second-order valence-electron chi connectivity index (χ2n) is 9.26. The molecule has 1 aromatic carbocycles. The number of benzene rings is 1. The van der Waals surface area contributed by atoms with Crippen LogP contribution in [-0.4, -0.2) is 32.4 Å². The van der Waals surface area contributed by atoms with Crippen LogP contribution in [0.2, 0.25) is 0 Å². The van der Waals surface area contributed by atoms with E-state index in [1.807, 2.05) is 6.08 Å². The SMILES string of the molecule is OC(C1=CCCC=C1)=[N+](c1ccc(C=[N+](C2=CCCC=C2)C2=CCCC=C2)cc1)C1C=CC=CC1. The van der Waals surface area contributed by atoms with Crippen molar-refractivity contribution in [3.05, 3.63) is 126 Å². The maximum absolute atomic E-state index is 11.3. The molecule has 0 radical (unpaired) electrons. The van der Waals surface area contributed by atoms with Gasteiger partial charge in [-0.3, -0.25) is 0 Å². The van der Waals surface area contributed by atoms with E-state index in [1.54, 1.807) is 0 Å². The smallest absolute Gasteiger partial charge is 0.373 e. The summed E-state index contributed by atoms with van der Waals surface area (Å²) in [6.07, 6.45) is 37.8. The van der Waals surface area contributed by atoms with Gasteiger partial charge in [0.1, 0.15) is 0 Å². The third kappa shape index (κ3) is 5.51. The highest BCUT2D eigenvalue weighted by Gasteiger charge is 2.28. The monoisotopic (exact) mass is 462 g/mol. The van der Waals surface area contributed by atoms with Gasteiger partial charge in [-0.2, -0.15) is 9.15 Å². The van der Waals surface area contributed by atoms with Crippen LogP contribution in [0.15, 0.2) is 120 Å². The molecule has 1 N–H and O–H groups in total. The molecule has 5 rings (SSSR count). The van der Waals surface area contributed by atoms with Crippen molar-refractivity contribution in [3.63, 3.8) is 0 Å². The second-order valence-corrected chi connectivity index (χ2v) is 9.26. The Labute approximate surface area is 208 Å². The van der Waals surface area contributed by atoms with Crippen LogP contribution < -0.4 is 0 Å². The van der Waals surface area contributed by atoms with Crippen molar-refractivity contribution >= 4 is 17.8 Å². The normalized spacial score (nSPS) is 21.7. The van der Waals surface area contributed by atoms with Gasteiger partial charge in [0.05, 0.1) is 5.57 Å². The summed E-state index contributed by atoms with van der Waals surface area (Å²) < 4.78 is 4.36. The van der Waals surface area contributed by atoms with Crippen molar-refractivity contribution in [2.75, 3.05) is 0 Å². The van der Waals surface area contributed by atoms with Gasteiger partial charge in [-0.05, 0) is 75.0 Å². The fourth-order valence-electron chi connectivity index (χ4n) is 4.87. The molecule has 1 atom stereocenters. The van der Waals surface area contributed by atoms with Gasteiger partial charge in [-0.25, -0.2) is 0 Å². The summed E-state index contributed by atoms with van der Waals surface area (Å²) in [4.78, 5) is 0. The molecule has 0 bridgehead atoms. The van der Waals surface area contributed by atoms with Gasteiger partial charge >= 0.3 is 5.90 Å². The Bertz CT molecular complexity index is 1220. The average Bonchev–Trinajstić information content (AvgIpc) is 2.94. The van der Waals surface area contributed by atoms with Gasteiger partial charge in [0.15, 0.2) is 12.3 Å². The van der Waals surface area contributed by atoms with Crippen LogP contribution in [0.1, 0.15) is 50.5 Å². The Morgan fingerprint density at radius 1 is 0.743 bits per heavy atom. The molecule has 0 aliphatic heterocycles. The van der Waals surface area contributed by atoms with E-state index in [4.69, 9.17) is 0 Å². The molecule has 0 saturated carbocycles. The minimum absolute atomic E-state index is 0.0811. The lowest BCUT2D eigenvalue weighted by molar-refractivity contribution is -0.478. The molecule has 4 aliphatic carbocycles. The summed E-state index contributed by atoms with van der Waals surface area (Å²) >= 11 is 0. The molecule has 4 aliphatic rings. The van der Waals surface area contributed by atoms with E-state index in [0.29, 0.717) is 5.90 Å². The van der Waals surface area contributed by atoms with Crippen LogP contribution in [0.5, 0.6) is 0 Å². The van der Waals surface area contributed by atoms with Crippen molar-refractivity contribution in [1.29, 1.82) is 0 Å². The Morgan fingerprint density at radius 3 is 1.94 bits per heavy atom. The van der Waals surface area contributed by atoms with Crippen molar-refractivity contribution < 1.29 is 14.3 Å². The molecule has 0 amide bonds. The van der Waals surface area contributed by atoms with E-state index in [1.165, 1.54) is 11.4 Å². The molecular weight excluding hydrogens is 428 g/mol. The van der Waals surface area contributed by atoms with Crippen LogP contribution in [0.4, 0.5) is 5.69 Å². The molecule has 0 aromatic heterocycles. The minimum Gasteiger partial charge on any atom is -0.459 e. The van der Waals surface area contributed by atoms with E-state index in [0.717, 1.165) is 61.8 Å². The standard InChI is InChI=1S/C32H33N2O/c35-32(27-13-5-1-6-14-27)34(30-19-11-4-12-20-30)31-23-21-26(22-24-31)25-33(28-15-7-2-8-16-28)29-17-9-3-10-18-29/h4-5,7,9,11-19,21-25,30H,1-3,6,8,10,20H2/q+1/p+1. The van der Waals surface area contributed by atoms with Crippen LogP contribution in [0.25, 0.3) is 0 Å². The third-order valence-electron chi connectivity index (χ3n) is 6.73. The molecule has 0 heterocycles. The molecule has 35 heavy (non-hydrogen) atoms. The topological polar surface area (TPSA) is 26.2 Å². The molecule has 0 fully saturated rings. The van der Waals surface area contributed by atoms with Crippen LogP contribution >= 0.6 is 0 Å².